The van der Waals surface area contributed by atoms with Crippen LogP contribution in [0.1, 0.15) is 31.4 Å². The zero-order chi connectivity index (χ0) is 17.9. The minimum absolute atomic E-state index is 0.173. The number of carbonyl (C=O) groups is 2. The van der Waals surface area contributed by atoms with Crippen molar-refractivity contribution in [3.8, 4) is 0 Å². The SMILES string of the molecule is CCC1C(C(=O)O)=C(C)C=CC1(C(=O)O)c1ccc(CCCl)cc1. The van der Waals surface area contributed by atoms with Gasteiger partial charge < -0.3 is 10.2 Å². The first-order valence-electron chi connectivity index (χ1n) is 7.90. The molecule has 1 aromatic rings. The van der Waals surface area contributed by atoms with E-state index >= 15 is 0 Å². The molecule has 1 aromatic carbocycles. The summed E-state index contributed by atoms with van der Waals surface area (Å²) in [4.78, 5) is 24.0. The van der Waals surface area contributed by atoms with Crippen LogP contribution in [0.2, 0.25) is 0 Å². The van der Waals surface area contributed by atoms with Crippen molar-refractivity contribution in [2.75, 3.05) is 5.88 Å². The summed E-state index contributed by atoms with van der Waals surface area (Å²) in [7, 11) is 0. The molecule has 128 valence electrons. The molecule has 1 aliphatic rings. The van der Waals surface area contributed by atoms with Gasteiger partial charge in [-0.25, -0.2) is 4.79 Å². The highest BCUT2D eigenvalue weighted by molar-refractivity contribution is 6.18. The second-order valence-corrected chi connectivity index (χ2v) is 6.38. The highest BCUT2D eigenvalue weighted by atomic mass is 35.5. The molecule has 0 heterocycles. The predicted molar refractivity (Wildman–Crippen MR) is 93.4 cm³/mol. The van der Waals surface area contributed by atoms with Gasteiger partial charge in [-0.05, 0) is 36.5 Å². The molecule has 24 heavy (non-hydrogen) atoms. The van der Waals surface area contributed by atoms with E-state index < -0.39 is 23.3 Å². The number of carboxylic acids is 2. The number of allylic oxidation sites excluding steroid dienone is 2. The molecule has 0 saturated carbocycles. The number of aliphatic carboxylic acids is 2. The maximum Gasteiger partial charge on any atom is 0.332 e. The van der Waals surface area contributed by atoms with E-state index in [0.717, 1.165) is 5.56 Å². The number of carboxylic acid groups (broad SMARTS) is 2. The number of alkyl halides is 1. The van der Waals surface area contributed by atoms with Gasteiger partial charge in [0.25, 0.3) is 0 Å². The van der Waals surface area contributed by atoms with Crippen LogP contribution >= 0.6 is 11.6 Å². The first-order chi connectivity index (χ1) is 11.4. The molecule has 0 spiro atoms. The van der Waals surface area contributed by atoms with Crippen molar-refractivity contribution in [1.82, 2.24) is 0 Å². The lowest BCUT2D eigenvalue weighted by Gasteiger charge is -2.38. The van der Waals surface area contributed by atoms with Crippen molar-refractivity contribution in [1.29, 1.82) is 0 Å². The van der Waals surface area contributed by atoms with E-state index in [1.165, 1.54) is 0 Å². The molecule has 0 fully saturated rings. The van der Waals surface area contributed by atoms with Crippen LogP contribution in [0.25, 0.3) is 0 Å². The van der Waals surface area contributed by atoms with Crippen LogP contribution in [0.5, 0.6) is 0 Å². The minimum Gasteiger partial charge on any atom is -0.480 e. The maximum absolute atomic E-state index is 12.2. The van der Waals surface area contributed by atoms with Crippen LogP contribution in [0.15, 0.2) is 47.6 Å². The van der Waals surface area contributed by atoms with Gasteiger partial charge in [0.1, 0.15) is 5.41 Å². The topological polar surface area (TPSA) is 74.6 Å². The number of halogens is 1. The third-order valence-corrected chi connectivity index (χ3v) is 4.92. The number of aryl methyl sites for hydroxylation is 1. The number of hydrogen-bond donors (Lipinski definition) is 2. The fourth-order valence-corrected chi connectivity index (χ4v) is 3.72. The number of rotatable bonds is 6. The van der Waals surface area contributed by atoms with E-state index in [1.54, 1.807) is 31.2 Å². The summed E-state index contributed by atoms with van der Waals surface area (Å²) in [5.74, 6) is -2.24. The monoisotopic (exact) mass is 348 g/mol. The second-order valence-electron chi connectivity index (χ2n) is 6.01. The zero-order valence-electron chi connectivity index (χ0n) is 13.8. The Bertz CT molecular complexity index is 703. The van der Waals surface area contributed by atoms with Gasteiger partial charge in [0.15, 0.2) is 0 Å². The van der Waals surface area contributed by atoms with Crippen LogP contribution in [-0.4, -0.2) is 28.0 Å². The van der Waals surface area contributed by atoms with Crippen LogP contribution < -0.4 is 0 Å². The molecule has 2 rings (SSSR count). The molecule has 0 amide bonds. The largest absolute Gasteiger partial charge is 0.480 e. The molecule has 0 aromatic heterocycles. The number of hydrogen-bond acceptors (Lipinski definition) is 2. The molecule has 5 heteroatoms. The van der Waals surface area contributed by atoms with Crippen molar-refractivity contribution < 1.29 is 19.8 Å². The van der Waals surface area contributed by atoms with Crippen LogP contribution in [-0.2, 0) is 21.4 Å². The molecule has 0 bridgehead atoms. The second kappa shape index (κ2) is 7.22. The molecule has 0 radical (unpaired) electrons. The van der Waals surface area contributed by atoms with Crippen LogP contribution in [0.3, 0.4) is 0 Å². The first kappa shape index (κ1) is 18.3. The van der Waals surface area contributed by atoms with Gasteiger partial charge in [-0.1, -0.05) is 43.3 Å². The average molecular weight is 349 g/mol. The molecule has 2 atom stereocenters. The van der Waals surface area contributed by atoms with Crippen LogP contribution in [0, 0.1) is 5.92 Å². The lowest BCUT2D eigenvalue weighted by molar-refractivity contribution is -0.144. The Morgan fingerprint density at radius 2 is 1.83 bits per heavy atom. The van der Waals surface area contributed by atoms with Crippen molar-refractivity contribution >= 4 is 23.5 Å². The average Bonchev–Trinajstić information content (AvgIpc) is 2.55. The summed E-state index contributed by atoms with van der Waals surface area (Å²) in [6, 6.07) is 7.25. The lowest BCUT2D eigenvalue weighted by atomic mass is 9.63. The highest BCUT2D eigenvalue weighted by Gasteiger charge is 2.49. The summed E-state index contributed by atoms with van der Waals surface area (Å²) in [5, 5.41) is 19.6. The van der Waals surface area contributed by atoms with Crippen molar-refractivity contribution in [2.24, 2.45) is 5.92 Å². The van der Waals surface area contributed by atoms with E-state index in [2.05, 4.69) is 0 Å². The molecule has 0 aliphatic heterocycles. The maximum atomic E-state index is 12.2. The van der Waals surface area contributed by atoms with Crippen LogP contribution in [0.4, 0.5) is 0 Å². The smallest absolute Gasteiger partial charge is 0.332 e. The first-order valence-corrected chi connectivity index (χ1v) is 8.44. The molecule has 2 N–H and O–H groups in total. The minimum atomic E-state index is -1.37. The third kappa shape index (κ3) is 2.98. The Morgan fingerprint density at radius 1 is 1.21 bits per heavy atom. The molecule has 4 nitrogen and oxygen atoms in total. The van der Waals surface area contributed by atoms with E-state index in [9.17, 15) is 19.8 Å². The van der Waals surface area contributed by atoms with Gasteiger partial charge in [-0.15, -0.1) is 11.6 Å². The Kier molecular flexibility index (Phi) is 5.50. The Balaban J connectivity index is 2.61. The molecular formula is C19H21ClO4. The van der Waals surface area contributed by atoms with Crippen molar-refractivity contribution in [2.45, 2.75) is 32.1 Å². The summed E-state index contributed by atoms with van der Waals surface area (Å²) >= 11 is 5.74. The predicted octanol–water partition coefficient (Wildman–Crippen LogP) is 3.79. The Labute approximate surface area is 146 Å². The van der Waals surface area contributed by atoms with E-state index in [-0.39, 0.29) is 5.57 Å². The third-order valence-electron chi connectivity index (χ3n) is 4.73. The lowest BCUT2D eigenvalue weighted by Crippen LogP contribution is -2.45. The normalized spacial score (nSPS) is 23.4. The van der Waals surface area contributed by atoms with Crippen molar-refractivity contribution in [3.05, 3.63) is 58.7 Å². The molecule has 1 aliphatic carbocycles. The van der Waals surface area contributed by atoms with E-state index in [0.29, 0.717) is 29.9 Å². The summed E-state index contributed by atoms with van der Waals surface area (Å²) < 4.78 is 0. The molecular weight excluding hydrogens is 328 g/mol. The fourth-order valence-electron chi connectivity index (χ4n) is 3.51. The molecule has 0 saturated heterocycles. The standard InChI is InChI=1S/C19H21ClO4/c1-3-15-16(17(21)22)12(2)8-10-19(15,18(23)24)14-6-4-13(5-7-14)9-11-20/h4-8,10,15H,3,9,11H2,1-2H3,(H,21,22)(H,23,24). The summed E-state index contributed by atoms with van der Waals surface area (Å²) in [5.41, 5.74) is 1.01. The quantitative estimate of drug-likeness (QED) is 0.767. The van der Waals surface area contributed by atoms with Gasteiger partial charge in [0.2, 0.25) is 0 Å². The Morgan fingerprint density at radius 3 is 2.29 bits per heavy atom. The zero-order valence-corrected chi connectivity index (χ0v) is 14.5. The van der Waals surface area contributed by atoms with Gasteiger partial charge in [-0.3, -0.25) is 4.79 Å². The van der Waals surface area contributed by atoms with E-state index in [1.807, 2.05) is 19.1 Å². The molecule has 2 unspecified atom stereocenters. The van der Waals surface area contributed by atoms with E-state index in [4.69, 9.17) is 11.6 Å². The summed E-state index contributed by atoms with van der Waals surface area (Å²) in [6.45, 7) is 3.53. The number of benzene rings is 1. The van der Waals surface area contributed by atoms with Crippen molar-refractivity contribution in [3.63, 3.8) is 0 Å². The van der Waals surface area contributed by atoms with Gasteiger partial charge in [0, 0.05) is 17.4 Å². The fraction of sp³-hybridized carbons (Fsp3) is 0.368. The van der Waals surface area contributed by atoms with Gasteiger partial charge in [-0.2, -0.15) is 0 Å². The van der Waals surface area contributed by atoms with Gasteiger partial charge in [0.05, 0.1) is 0 Å². The highest BCUT2D eigenvalue weighted by Crippen LogP contribution is 2.45. The summed E-state index contributed by atoms with van der Waals surface area (Å²) in [6.07, 6.45) is 4.35. The van der Waals surface area contributed by atoms with Gasteiger partial charge >= 0.3 is 11.9 Å². The Hall–Kier alpha value is -2.07.